The summed E-state index contributed by atoms with van der Waals surface area (Å²) < 4.78 is 78.0. The first-order valence-electron chi connectivity index (χ1n) is 14.8. The van der Waals surface area contributed by atoms with Crippen LogP contribution in [-0.2, 0) is 12.4 Å². The smallest absolute Gasteiger partial charge is 0.368 e. The second-order valence-corrected chi connectivity index (χ2v) is 10.9. The minimum absolute atomic E-state index is 0.186. The lowest BCUT2D eigenvalue weighted by atomic mass is 10.1. The second-order valence-electron chi connectivity index (χ2n) is 10.9. The molecule has 2 N–H and O–H groups in total. The average molecular weight is 629 g/mol. The molecule has 0 aliphatic carbocycles. The number of amides is 4. The molecule has 2 aliphatic heterocycles. The molecule has 4 amide bonds. The highest BCUT2D eigenvalue weighted by Gasteiger charge is 2.32. The van der Waals surface area contributed by atoms with Gasteiger partial charge in [-0.25, -0.2) is 9.59 Å². The zero-order valence-electron chi connectivity index (χ0n) is 24.4. The minimum Gasteiger partial charge on any atom is -0.368 e. The topological polar surface area (TPSA) is 71.2 Å². The van der Waals surface area contributed by atoms with E-state index in [1.165, 1.54) is 12.1 Å². The van der Waals surface area contributed by atoms with Gasteiger partial charge >= 0.3 is 24.4 Å². The first-order valence-corrected chi connectivity index (χ1v) is 14.8. The van der Waals surface area contributed by atoms with Crippen molar-refractivity contribution in [1.82, 2.24) is 20.4 Å². The van der Waals surface area contributed by atoms with Crippen LogP contribution >= 0.6 is 0 Å². The van der Waals surface area contributed by atoms with E-state index in [2.05, 4.69) is 10.6 Å². The predicted molar refractivity (Wildman–Crippen MR) is 156 cm³/mol. The van der Waals surface area contributed by atoms with Gasteiger partial charge in [0.05, 0.1) is 11.1 Å². The maximum absolute atomic E-state index is 13.0. The Kier molecular flexibility index (Phi) is 11.1. The first-order chi connectivity index (χ1) is 20.9. The zero-order chi connectivity index (χ0) is 31.7. The number of alkyl halides is 6. The number of anilines is 2. The number of carbonyl (C=O) groups is 2. The highest BCUT2D eigenvalue weighted by atomic mass is 19.4. The summed E-state index contributed by atoms with van der Waals surface area (Å²) in [6, 6.07) is 10.1. The predicted octanol–water partition coefficient (Wildman–Crippen LogP) is 5.65. The molecule has 2 aromatic rings. The summed E-state index contributed by atoms with van der Waals surface area (Å²) in [5.74, 6) is 0. The third-order valence-corrected chi connectivity index (χ3v) is 7.87. The van der Waals surface area contributed by atoms with Crippen molar-refractivity contribution in [3.8, 4) is 0 Å². The molecule has 2 fully saturated rings. The average Bonchev–Trinajstić information content (AvgIpc) is 3.01. The molecule has 0 atom stereocenters. The molecule has 0 bridgehead atoms. The van der Waals surface area contributed by atoms with E-state index < -0.39 is 23.5 Å². The van der Waals surface area contributed by atoms with Gasteiger partial charge in [-0.15, -0.1) is 0 Å². The van der Waals surface area contributed by atoms with E-state index in [4.69, 9.17) is 0 Å². The van der Waals surface area contributed by atoms with Crippen LogP contribution in [0.4, 0.5) is 47.3 Å². The van der Waals surface area contributed by atoms with Gasteiger partial charge in [-0.05, 0) is 49.2 Å². The second kappa shape index (κ2) is 14.8. The van der Waals surface area contributed by atoms with E-state index in [1.807, 2.05) is 9.80 Å². The third-order valence-electron chi connectivity index (χ3n) is 7.87. The molecule has 0 spiro atoms. The van der Waals surface area contributed by atoms with E-state index >= 15 is 0 Å². The highest BCUT2D eigenvalue weighted by Crippen LogP contribution is 2.33. The van der Waals surface area contributed by atoms with E-state index in [1.54, 1.807) is 21.9 Å². The number of piperazine rings is 2. The van der Waals surface area contributed by atoms with Crippen LogP contribution in [0.1, 0.15) is 36.8 Å². The van der Waals surface area contributed by atoms with Gasteiger partial charge in [-0.1, -0.05) is 25.0 Å². The van der Waals surface area contributed by atoms with E-state index in [0.717, 1.165) is 49.9 Å². The molecule has 4 rings (SSSR count). The number of urea groups is 2. The molecular weight excluding hydrogens is 590 g/mol. The van der Waals surface area contributed by atoms with Crippen molar-refractivity contribution in [2.75, 3.05) is 75.2 Å². The van der Waals surface area contributed by atoms with Gasteiger partial charge in [-0.3, -0.25) is 0 Å². The van der Waals surface area contributed by atoms with Crippen LogP contribution in [0.2, 0.25) is 0 Å². The third kappa shape index (κ3) is 9.33. The molecule has 2 aliphatic rings. The van der Waals surface area contributed by atoms with Crippen LogP contribution in [0.15, 0.2) is 48.5 Å². The van der Waals surface area contributed by atoms with Gasteiger partial charge < -0.3 is 30.2 Å². The normalized spacial score (nSPS) is 16.2. The van der Waals surface area contributed by atoms with Crippen LogP contribution in [0, 0.1) is 0 Å². The Labute approximate surface area is 253 Å². The Morgan fingerprint density at radius 1 is 0.568 bits per heavy atom. The van der Waals surface area contributed by atoms with Gasteiger partial charge in [0.1, 0.15) is 0 Å². The van der Waals surface area contributed by atoms with Gasteiger partial charge in [0, 0.05) is 76.8 Å². The van der Waals surface area contributed by atoms with E-state index in [0.29, 0.717) is 76.8 Å². The number of nitrogens with zero attached hydrogens (tertiary/aromatic N) is 4. The van der Waals surface area contributed by atoms with Gasteiger partial charge in [0.25, 0.3) is 0 Å². The molecular formula is C30H38F6N6O2. The van der Waals surface area contributed by atoms with Crippen molar-refractivity contribution < 1.29 is 35.9 Å². The molecule has 0 unspecified atom stereocenters. The molecule has 2 heterocycles. The summed E-state index contributed by atoms with van der Waals surface area (Å²) in [4.78, 5) is 32.0. The molecule has 2 saturated heterocycles. The number of hydrogen-bond acceptors (Lipinski definition) is 4. The monoisotopic (exact) mass is 628 g/mol. The largest absolute Gasteiger partial charge is 0.416 e. The first kappa shape index (κ1) is 33.1. The Bertz CT molecular complexity index is 1150. The Balaban J connectivity index is 1.03. The number of rotatable bonds is 9. The summed E-state index contributed by atoms with van der Waals surface area (Å²) in [6.07, 6.45) is -5.50. The number of nitrogens with one attached hydrogen (secondary N) is 2. The fourth-order valence-corrected chi connectivity index (χ4v) is 5.31. The zero-order valence-corrected chi connectivity index (χ0v) is 24.4. The summed E-state index contributed by atoms with van der Waals surface area (Å²) in [5, 5.41) is 5.80. The Morgan fingerprint density at radius 2 is 0.932 bits per heavy atom. The lowest BCUT2D eigenvalue weighted by Gasteiger charge is -2.36. The number of halogens is 6. The molecule has 14 heteroatoms. The standard InChI is InChI=1S/C30H38F6N6O2/c31-29(32,33)23-7-5-9-25(21-23)39-13-17-41(18-14-39)27(43)37-11-3-1-2-4-12-38-28(44)42-19-15-40(16-20-42)26-10-6-8-24(22-26)30(34,35)36/h5-10,21-22H,1-4,11-20H2,(H,37,43)(H,38,44). The summed E-state index contributed by atoms with van der Waals surface area (Å²) >= 11 is 0. The van der Waals surface area contributed by atoms with Crippen molar-refractivity contribution in [3.63, 3.8) is 0 Å². The molecule has 242 valence electrons. The maximum atomic E-state index is 13.0. The summed E-state index contributed by atoms with van der Waals surface area (Å²) in [6.45, 7) is 4.49. The van der Waals surface area contributed by atoms with Crippen LogP contribution in [0.25, 0.3) is 0 Å². The van der Waals surface area contributed by atoms with E-state index in [9.17, 15) is 35.9 Å². The summed E-state index contributed by atoms with van der Waals surface area (Å²) in [5.41, 5.74) is -0.391. The Hall–Kier alpha value is -3.84. The molecule has 0 aromatic heterocycles. The fraction of sp³-hybridized carbons (Fsp3) is 0.533. The van der Waals surface area contributed by atoms with Gasteiger partial charge in [-0.2, -0.15) is 26.3 Å². The molecule has 0 saturated carbocycles. The van der Waals surface area contributed by atoms with Crippen LogP contribution < -0.4 is 20.4 Å². The quantitative estimate of drug-likeness (QED) is 0.278. The maximum Gasteiger partial charge on any atom is 0.416 e. The number of benzene rings is 2. The number of hydrogen-bond donors (Lipinski definition) is 2. The van der Waals surface area contributed by atoms with Crippen LogP contribution in [0.5, 0.6) is 0 Å². The van der Waals surface area contributed by atoms with Crippen molar-refractivity contribution >= 4 is 23.4 Å². The number of unbranched alkanes of at least 4 members (excludes halogenated alkanes) is 3. The fourth-order valence-electron chi connectivity index (χ4n) is 5.31. The lowest BCUT2D eigenvalue weighted by molar-refractivity contribution is -0.138. The summed E-state index contributed by atoms with van der Waals surface area (Å²) in [7, 11) is 0. The lowest BCUT2D eigenvalue weighted by Crippen LogP contribution is -2.52. The molecule has 2 aromatic carbocycles. The SMILES string of the molecule is O=C(NCCCCCCNC(=O)N1CCN(c2cccc(C(F)(F)F)c2)CC1)N1CCN(c2cccc(C(F)(F)F)c2)CC1. The van der Waals surface area contributed by atoms with E-state index in [-0.39, 0.29) is 12.1 Å². The van der Waals surface area contributed by atoms with Gasteiger partial charge in [0.2, 0.25) is 0 Å². The van der Waals surface area contributed by atoms with Crippen molar-refractivity contribution in [2.24, 2.45) is 0 Å². The molecule has 8 nitrogen and oxygen atoms in total. The molecule has 44 heavy (non-hydrogen) atoms. The minimum atomic E-state index is -4.40. The van der Waals surface area contributed by atoms with Crippen LogP contribution in [0.3, 0.4) is 0 Å². The molecule has 0 radical (unpaired) electrons. The van der Waals surface area contributed by atoms with Crippen molar-refractivity contribution in [1.29, 1.82) is 0 Å². The number of carbonyl (C=O) groups excluding carboxylic acids is 2. The Morgan fingerprint density at radius 3 is 1.27 bits per heavy atom. The highest BCUT2D eigenvalue weighted by molar-refractivity contribution is 5.75. The van der Waals surface area contributed by atoms with Gasteiger partial charge in [0.15, 0.2) is 0 Å². The van der Waals surface area contributed by atoms with Crippen molar-refractivity contribution in [2.45, 2.75) is 38.0 Å². The van der Waals surface area contributed by atoms with Crippen LogP contribution in [-0.4, -0.2) is 87.3 Å². The van der Waals surface area contributed by atoms with Crippen molar-refractivity contribution in [3.05, 3.63) is 59.7 Å².